The van der Waals surface area contributed by atoms with Gasteiger partial charge in [-0.25, -0.2) is 4.98 Å². The first-order chi connectivity index (χ1) is 9.70. The van der Waals surface area contributed by atoms with E-state index in [0.29, 0.717) is 0 Å². The minimum atomic E-state index is -0.202. The summed E-state index contributed by atoms with van der Waals surface area (Å²) < 4.78 is 0. The van der Waals surface area contributed by atoms with Gasteiger partial charge in [-0.1, -0.05) is 19.3 Å². The highest BCUT2D eigenvalue weighted by Gasteiger charge is 2.40. The van der Waals surface area contributed by atoms with Gasteiger partial charge in [-0.15, -0.1) is 36.2 Å². The summed E-state index contributed by atoms with van der Waals surface area (Å²) in [6, 6.07) is 0.193. The number of nitrogens with two attached hydrogens (primary N) is 1. The second kappa shape index (κ2) is 8.48. The van der Waals surface area contributed by atoms with Gasteiger partial charge in [0.2, 0.25) is 5.91 Å². The lowest BCUT2D eigenvalue weighted by molar-refractivity contribution is -0.128. The Morgan fingerprint density at radius 2 is 2.00 bits per heavy atom. The topological polar surface area (TPSA) is 68.0 Å². The Morgan fingerprint density at radius 3 is 2.59 bits per heavy atom. The van der Waals surface area contributed by atoms with Crippen molar-refractivity contribution in [1.29, 1.82) is 0 Å². The molecule has 1 heterocycles. The number of carbonyl (C=O) groups excluding carboxylic acids is 1. The maximum Gasteiger partial charge on any atom is 0.223 e. The van der Waals surface area contributed by atoms with Gasteiger partial charge >= 0.3 is 0 Å². The van der Waals surface area contributed by atoms with E-state index in [0.717, 1.165) is 43.5 Å². The minimum absolute atomic E-state index is 0. The summed E-state index contributed by atoms with van der Waals surface area (Å²) in [6.45, 7) is 0. The van der Waals surface area contributed by atoms with Crippen molar-refractivity contribution in [2.24, 2.45) is 11.7 Å². The predicted molar refractivity (Wildman–Crippen MR) is 94.8 cm³/mol. The maximum absolute atomic E-state index is 12.6. The number of hydrogen-bond donors (Lipinski definition) is 2. The Kier molecular flexibility index (Phi) is 7.59. The molecule has 0 spiro atoms. The van der Waals surface area contributed by atoms with Crippen LogP contribution in [0.1, 0.15) is 56.4 Å². The van der Waals surface area contributed by atoms with Crippen molar-refractivity contribution < 1.29 is 4.79 Å². The van der Waals surface area contributed by atoms with E-state index in [1.165, 1.54) is 12.8 Å². The van der Waals surface area contributed by atoms with E-state index in [1.807, 2.05) is 11.6 Å². The molecular weight excluding hydrogens is 341 g/mol. The Balaban J connectivity index is 0.00000121. The van der Waals surface area contributed by atoms with E-state index in [-0.39, 0.29) is 48.2 Å². The number of aromatic nitrogens is 1. The van der Waals surface area contributed by atoms with Gasteiger partial charge in [0.1, 0.15) is 5.01 Å². The fraction of sp³-hybridized carbons (Fsp3) is 0.733. The molecule has 4 nitrogen and oxygen atoms in total. The fourth-order valence-corrected chi connectivity index (χ4v) is 4.49. The summed E-state index contributed by atoms with van der Waals surface area (Å²) in [5.74, 6) is 0.286. The smallest absolute Gasteiger partial charge is 0.223 e. The molecule has 1 aromatic heterocycles. The van der Waals surface area contributed by atoms with Crippen LogP contribution in [0, 0.1) is 5.92 Å². The Bertz CT molecular complexity index is 463. The van der Waals surface area contributed by atoms with Gasteiger partial charge in [-0.05, 0) is 32.1 Å². The van der Waals surface area contributed by atoms with Gasteiger partial charge in [0.05, 0.1) is 5.54 Å². The van der Waals surface area contributed by atoms with Crippen LogP contribution >= 0.6 is 36.2 Å². The van der Waals surface area contributed by atoms with Crippen LogP contribution in [0.3, 0.4) is 0 Å². The van der Waals surface area contributed by atoms with Crippen LogP contribution < -0.4 is 11.1 Å². The lowest BCUT2D eigenvalue weighted by Gasteiger charge is -2.32. The highest BCUT2D eigenvalue weighted by Crippen LogP contribution is 2.40. The van der Waals surface area contributed by atoms with Crippen molar-refractivity contribution in [3.05, 3.63) is 16.6 Å². The molecule has 3 N–H and O–H groups in total. The van der Waals surface area contributed by atoms with Gasteiger partial charge in [0.15, 0.2) is 0 Å². The second-order valence-corrected chi connectivity index (χ2v) is 7.13. The number of halogens is 2. The molecule has 0 radical (unpaired) electrons. The van der Waals surface area contributed by atoms with Crippen LogP contribution in [0.5, 0.6) is 0 Å². The van der Waals surface area contributed by atoms with Gasteiger partial charge in [0, 0.05) is 23.5 Å². The molecule has 7 heteroatoms. The molecule has 0 aliphatic heterocycles. The van der Waals surface area contributed by atoms with E-state index in [2.05, 4.69) is 10.3 Å². The zero-order valence-electron chi connectivity index (χ0n) is 12.6. The van der Waals surface area contributed by atoms with Gasteiger partial charge < -0.3 is 11.1 Å². The third-order valence-electron chi connectivity index (χ3n) is 4.75. The molecule has 1 aromatic rings. The van der Waals surface area contributed by atoms with Crippen molar-refractivity contribution in [3.8, 4) is 0 Å². The lowest BCUT2D eigenvalue weighted by Crippen LogP contribution is -2.48. The van der Waals surface area contributed by atoms with E-state index >= 15 is 0 Å². The average Bonchev–Trinajstić information content (AvgIpc) is 3.10. The zero-order valence-corrected chi connectivity index (χ0v) is 15.1. The van der Waals surface area contributed by atoms with Crippen molar-refractivity contribution >= 4 is 42.1 Å². The summed E-state index contributed by atoms with van der Waals surface area (Å²) >= 11 is 1.66. The number of thiazole rings is 1. The van der Waals surface area contributed by atoms with Crippen molar-refractivity contribution in [2.75, 3.05) is 0 Å². The Hall–Kier alpha value is -0.360. The number of rotatable bonds is 3. The fourth-order valence-electron chi connectivity index (χ4n) is 3.63. The zero-order chi connectivity index (χ0) is 14.0. The van der Waals surface area contributed by atoms with Crippen LogP contribution in [0.15, 0.2) is 11.6 Å². The SMILES string of the molecule is Cl.Cl.NC1CCCC(C(=O)NC2(c3nccs3)CCCC2)C1. The quantitative estimate of drug-likeness (QED) is 0.862. The van der Waals surface area contributed by atoms with E-state index in [1.54, 1.807) is 11.3 Å². The normalized spacial score (nSPS) is 26.6. The lowest BCUT2D eigenvalue weighted by atomic mass is 9.84. The van der Waals surface area contributed by atoms with E-state index in [9.17, 15) is 4.79 Å². The molecule has 2 aliphatic rings. The molecular formula is C15H25Cl2N3OS. The standard InChI is InChI=1S/C15H23N3OS.2ClH/c16-12-5-3-4-11(10-12)13(19)18-15(6-1-2-7-15)14-17-8-9-20-14;;/h8-9,11-12H,1-7,10,16H2,(H,18,19);2*1H. The molecule has 3 rings (SSSR count). The van der Waals surface area contributed by atoms with Gasteiger partial charge in [0.25, 0.3) is 0 Å². The maximum atomic E-state index is 12.6. The third-order valence-corrected chi connectivity index (χ3v) is 5.72. The molecule has 1 amide bonds. The summed E-state index contributed by atoms with van der Waals surface area (Å²) in [5.41, 5.74) is 5.81. The van der Waals surface area contributed by atoms with Crippen molar-refractivity contribution in [3.63, 3.8) is 0 Å². The number of amides is 1. The van der Waals surface area contributed by atoms with Crippen molar-refractivity contribution in [1.82, 2.24) is 10.3 Å². The highest BCUT2D eigenvalue weighted by atomic mass is 35.5. The van der Waals surface area contributed by atoms with Crippen LogP contribution in [-0.2, 0) is 10.3 Å². The third kappa shape index (κ3) is 4.13. The number of hydrogen-bond acceptors (Lipinski definition) is 4. The van der Waals surface area contributed by atoms with Gasteiger partial charge in [-0.3, -0.25) is 4.79 Å². The van der Waals surface area contributed by atoms with Gasteiger partial charge in [-0.2, -0.15) is 0 Å². The van der Waals surface area contributed by atoms with Crippen LogP contribution in [0.2, 0.25) is 0 Å². The molecule has 0 aromatic carbocycles. The molecule has 0 bridgehead atoms. The van der Waals surface area contributed by atoms with E-state index in [4.69, 9.17) is 5.73 Å². The molecule has 2 unspecified atom stereocenters. The highest BCUT2D eigenvalue weighted by molar-refractivity contribution is 7.09. The summed E-state index contributed by atoms with van der Waals surface area (Å²) in [7, 11) is 0. The average molecular weight is 366 g/mol. The molecule has 126 valence electrons. The second-order valence-electron chi connectivity index (χ2n) is 6.24. The Labute approximate surface area is 148 Å². The van der Waals surface area contributed by atoms with Crippen LogP contribution in [0.25, 0.3) is 0 Å². The molecule has 0 saturated heterocycles. The predicted octanol–water partition coefficient (Wildman–Crippen LogP) is 3.39. The molecule has 2 saturated carbocycles. The van der Waals surface area contributed by atoms with Crippen LogP contribution in [0.4, 0.5) is 0 Å². The number of nitrogens with one attached hydrogen (secondary N) is 1. The minimum Gasteiger partial charge on any atom is -0.344 e. The number of nitrogens with zero attached hydrogens (tertiary/aromatic N) is 1. The molecule has 2 fully saturated rings. The summed E-state index contributed by atoms with van der Waals surface area (Å²) in [4.78, 5) is 17.1. The number of carbonyl (C=O) groups is 1. The Morgan fingerprint density at radius 1 is 1.27 bits per heavy atom. The largest absolute Gasteiger partial charge is 0.344 e. The summed E-state index contributed by atoms with van der Waals surface area (Å²) in [6.07, 6.45) is 10.2. The first-order valence-corrected chi connectivity index (χ1v) is 8.55. The first-order valence-electron chi connectivity index (χ1n) is 7.67. The summed E-state index contributed by atoms with van der Waals surface area (Å²) in [5, 5.41) is 6.41. The molecule has 2 atom stereocenters. The van der Waals surface area contributed by atoms with E-state index < -0.39 is 0 Å². The van der Waals surface area contributed by atoms with Crippen LogP contribution in [-0.4, -0.2) is 16.9 Å². The molecule has 2 aliphatic carbocycles. The molecule has 22 heavy (non-hydrogen) atoms. The van der Waals surface area contributed by atoms with Crippen molar-refractivity contribution in [2.45, 2.75) is 62.9 Å². The first kappa shape index (κ1) is 19.7. The monoisotopic (exact) mass is 365 g/mol.